The fraction of sp³-hybridized carbons (Fsp3) is 1.00. The zero-order valence-electron chi connectivity index (χ0n) is 6.48. The summed E-state index contributed by atoms with van der Waals surface area (Å²) < 4.78 is 4.84. The molecule has 0 saturated heterocycles. The molecule has 0 spiro atoms. The van der Waals surface area contributed by atoms with Gasteiger partial charge in [0, 0.05) is 7.11 Å². The molecule has 1 N–H and O–H groups in total. The van der Waals surface area contributed by atoms with E-state index in [0.29, 0.717) is 6.61 Å². The van der Waals surface area contributed by atoms with Crippen LogP contribution < -0.4 is 0 Å². The quantitative estimate of drug-likeness (QED) is 0.622. The van der Waals surface area contributed by atoms with E-state index in [1.807, 2.05) is 13.8 Å². The van der Waals surface area contributed by atoms with E-state index in [9.17, 15) is 5.11 Å². The van der Waals surface area contributed by atoms with Crippen molar-refractivity contribution in [3.8, 4) is 0 Å². The highest BCUT2D eigenvalue weighted by Crippen LogP contribution is 2.13. The lowest BCUT2D eigenvalue weighted by Gasteiger charge is -2.23. The lowest BCUT2D eigenvalue weighted by molar-refractivity contribution is -0.0363. The van der Waals surface area contributed by atoms with Crippen LogP contribution in [0.25, 0.3) is 0 Å². The van der Waals surface area contributed by atoms with Crippen LogP contribution in [0.5, 0.6) is 0 Å². The number of aliphatic hydroxyl groups is 1. The zero-order chi connectivity index (χ0) is 7.33. The Hall–Kier alpha value is -0.0800. The third-order valence-corrected chi connectivity index (χ3v) is 1.73. The molecular weight excluding hydrogens is 116 g/mol. The standard InChI is InChI=1S/C7H16O2/c1-4-7(8,5-2)6-9-3/h8H,4-6H2,1-3H3. The second-order valence-corrected chi connectivity index (χ2v) is 2.36. The van der Waals surface area contributed by atoms with Gasteiger partial charge in [0.1, 0.15) is 0 Å². The Morgan fingerprint density at radius 1 is 1.33 bits per heavy atom. The molecular formula is C7H16O2. The van der Waals surface area contributed by atoms with Crippen molar-refractivity contribution in [1.82, 2.24) is 0 Å². The van der Waals surface area contributed by atoms with Crippen molar-refractivity contribution in [1.29, 1.82) is 0 Å². The number of methoxy groups -OCH3 is 1. The Morgan fingerprint density at radius 3 is 1.89 bits per heavy atom. The Morgan fingerprint density at radius 2 is 1.78 bits per heavy atom. The summed E-state index contributed by atoms with van der Waals surface area (Å²) in [7, 11) is 1.61. The highest BCUT2D eigenvalue weighted by atomic mass is 16.5. The van der Waals surface area contributed by atoms with Gasteiger partial charge in [0.05, 0.1) is 12.2 Å². The summed E-state index contributed by atoms with van der Waals surface area (Å²) in [6.45, 7) is 4.37. The highest BCUT2D eigenvalue weighted by molar-refractivity contribution is 4.73. The van der Waals surface area contributed by atoms with Crippen LogP contribution in [-0.2, 0) is 4.74 Å². The molecule has 0 bridgehead atoms. The average molecular weight is 132 g/mol. The monoisotopic (exact) mass is 132 g/mol. The fourth-order valence-corrected chi connectivity index (χ4v) is 0.723. The maximum atomic E-state index is 9.50. The molecule has 0 rings (SSSR count). The Balaban J connectivity index is 3.62. The molecule has 0 heterocycles. The van der Waals surface area contributed by atoms with Crippen LogP contribution in [0.2, 0.25) is 0 Å². The van der Waals surface area contributed by atoms with Gasteiger partial charge in [0.2, 0.25) is 0 Å². The summed E-state index contributed by atoms with van der Waals surface area (Å²) in [6, 6.07) is 0. The van der Waals surface area contributed by atoms with Gasteiger partial charge in [0.15, 0.2) is 0 Å². The summed E-state index contributed by atoms with van der Waals surface area (Å²) in [4.78, 5) is 0. The largest absolute Gasteiger partial charge is 0.388 e. The molecule has 2 nitrogen and oxygen atoms in total. The third kappa shape index (κ3) is 2.82. The van der Waals surface area contributed by atoms with Crippen molar-refractivity contribution in [2.75, 3.05) is 13.7 Å². The van der Waals surface area contributed by atoms with Crippen LogP contribution in [-0.4, -0.2) is 24.4 Å². The maximum absolute atomic E-state index is 9.50. The van der Waals surface area contributed by atoms with Gasteiger partial charge in [-0.25, -0.2) is 0 Å². The lowest BCUT2D eigenvalue weighted by atomic mass is 9.99. The molecule has 0 unspecified atom stereocenters. The van der Waals surface area contributed by atoms with E-state index < -0.39 is 5.60 Å². The molecule has 0 aromatic heterocycles. The van der Waals surface area contributed by atoms with Crippen LogP contribution in [0.4, 0.5) is 0 Å². The van der Waals surface area contributed by atoms with E-state index in [1.54, 1.807) is 7.11 Å². The van der Waals surface area contributed by atoms with E-state index in [2.05, 4.69) is 0 Å². The molecule has 0 aromatic carbocycles. The molecule has 2 heteroatoms. The number of hydrogen-bond donors (Lipinski definition) is 1. The summed E-state index contributed by atoms with van der Waals surface area (Å²) in [5.74, 6) is 0. The Labute approximate surface area is 56.8 Å². The van der Waals surface area contributed by atoms with Gasteiger partial charge in [-0.15, -0.1) is 0 Å². The molecule has 0 radical (unpaired) electrons. The second kappa shape index (κ2) is 3.85. The van der Waals surface area contributed by atoms with Gasteiger partial charge in [-0.1, -0.05) is 13.8 Å². The van der Waals surface area contributed by atoms with Crippen LogP contribution in [0.3, 0.4) is 0 Å². The van der Waals surface area contributed by atoms with Crippen molar-refractivity contribution in [3.63, 3.8) is 0 Å². The summed E-state index contributed by atoms with van der Waals surface area (Å²) in [6.07, 6.45) is 1.52. The predicted molar refractivity (Wildman–Crippen MR) is 37.4 cm³/mol. The van der Waals surface area contributed by atoms with Crippen LogP contribution in [0.15, 0.2) is 0 Å². The summed E-state index contributed by atoms with van der Waals surface area (Å²) >= 11 is 0. The Kier molecular flexibility index (Phi) is 3.82. The van der Waals surface area contributed by atoms with Crippen molar-refractivity contribution in [3.05, 3.63) is 0 Å². The van der Waals surface area contributed by atoms with Crippen molar-refractivity contribution < 1.29 is 9.84 Å². The van der Waals surface area contributed by atoms with Gasteiger partial charge in [-0.2, -0.15) is 0 Å². The normalized spacial score (nSPS) is 12.0. The molecule has 56 valence electrons. The van der Waals surface area contributed by atoms with E-state index in [-0.39, 0.29) is 0 Å². The van der Waals surface area contributed by atoms with E-state index in [4.69, 9.17) is 4.74 Å². The third-order valence-electron chi connectivity index (χ3n) is 1.73. The number of hydrogen-bond acceptors (Lipinski definition) is 2. The topological polar surface area (TPSA) is 29.5 Å². The molecule has 0 aliphatic carbocycles. The summed E-state index contributed by atoms with van der Waals surface area (Å²) in [5.41, 5.74) is -0.589. The van der Waals surface area contributed by atoms with Crippen molar-refractivity contribution in [2.45, 2.75) is 32.3 Å². The van der Waals surface area contributed by atoms with E-state index in [0.717, 1.165) is 12.8 Å². The first kappa shape index (κ1) is 8.92. The minimum atomic E-state index is -0.589. The average Bonchev–Trinajstić information content (AvgIpc) is 1.89. The molecule has 0 aliphatic heterocycles. The molecule has 0 saturated carbocycles. The molecule has 0 aliphatic rings. The minimum absolute atomic E-state index is 0.444. The maximum Gasteiger partial charge on any atom is 0.0874 e. The van der Waals surface area contributed by atoms with Gasteiger partial charge in [-0.3, -0.25) is 0 Å². The van der Waals surface area contributed by atoms with Gasteiger partial charge >= 0.3 is 0 Å². The van der Waals surface area contributed by atoms with E-state index in [1.165, 1.54) is 0 Å². The molecule has 9 heavy (non-hydrogen) atoms. The minimum Gasteiger partial charge on any atom is -0.388 e. The van der Waals surface area contributed by atoms with Crippen LogP contribution >= 0.6 is 0 Å². The van der Waals surface area contributed by atoms with E-state index >= 15 is 0 Å². The number of ether oxygens (including phenoxy) is 1. The zero-order valence-corrected chi connectivity index (χ0v) is 6.48. The van der Waals surface area contributed by atoms with Crippen molar-refractivity contribution >= 4 is 0 Å². The smallest absolute Gasteiger partial charge is 0.0874 e. The van der Waals surface area contributed by atoms with Gasteiger partial charge in [0.25, 0.3) is 0 Å². The van der Waals surface area contributed by atoms with Crippen LogP contribution in [0.1, 0.15) is 26.7 Å². The van der Waals surface area contributed by atoms with Crippen LogP contribution in [0, 0.1) is 0 Å². The predicted octanol–water partition coefficient (Wildman–Crippen LogP) is 1.18. The first-order valence-corrected chi connectivity index (χ1v) is 3.40. The highest BCUT2D eigenvalue weighted by Gasteiger charge is 2.20. The first-order valence-electron chi connectivity index (χ1n) is 3.40. The second-order valence-electron chi connectivity index (χ2n) is 2.36. The number of rotatable bonds is 4. The molecule has 0 fully saturated rings. The fourth-order valence-electron chi connectivity index (χ4n) is 0.723. The van der Waals surface area contributed by atoms with Gasteiger partial charge < -0.3 is 9.84 Å². The molecule has 0 aromatic rings. The molecule has 0 amide bonds. The summed E-state index contributed by atoms with van der Waals surface area (Å²) in [5, 5.41) is 9.50. The van der Waals surface area contributed by atoms with Gasteiger partial charge in [-0.05, 0) is 12.8 Å². The lowest BCUT2D eigenvalue weighted by Crippen LogP contribution is -2.32. The SMILES string of the molecule is CCC(O)(CC)COC. The molecule has 0 atom stereocenters. The Bertz CT molecular complexity index is 67.3. The van der Waals surface area contributed by atoms with Crippen molar-refractivity contribution in [2.24, 2.45) is 0 Å². The first-order chi connectivity index (χ1) is 4.18.